The summed E-state index contributed by atoms with van der Waals surface area (Å²) in [6, 6.07) is 15.8. The number of aliphatic hydroxyl groups is 1. The third-order valence-electron chi connectivity index (χ3n) is 4.04. The van der Waals surface area contributed by atoms with Gasteiger partial charge in [-0.3, -0.25) is 9.78 Å². The number of pyridine rings is 1. The van der Waals surface area contributed by atoms with Crippen LogP contribution < -0.4 is 4.74 Å². The third kappa shape index (κ3) is 6.81. The van der Waals surface area contributed by atoms with Gasteiger partial charge < -0.3 is 9.84 Å². The number of ketones is 1. The molecule has 1 aromatic heterocycles. The van der Waals surface area contributed by atoms with Gasteiger partial charge in [0, 0.05) is 31.6 Å². The number of allylic oxidation sites excluding steroid dienone is 2. The molecule has 155 valence electrons. The number of benzene rings is 2. The molecular formula is C24H26IrNO3-. The Morgan fingerprint density at radius 1 is 1.14 bits per heavy atom. The van der Waals surface area contributed by atoms with Gasteiger partial charge in [0.2, 0.25) is 0 Å². The van der Waals surface area contributed by atoms with Crippen LogP contribution in [0.4, 0.5) is 0 Å². The van der Waals surface area contributed by atoms with Gasteiger partial charge in [0.05, 0.1) is 18.4 Å². The summed E-state index contributed by atoms with van der Waals surface area (Å²) in [5.41, 5.74) is 6.48. The molecule has 5 heteroatoms. The molecule has 0 saturated carbocycles. The number of carbonyl (C=O) groups excluding carboxylic acids is 1. The number of hydrogen-bond donors (Lipinski definition) is 1. The molecule has 1 radical (unpaired) electrons. The van der Waals surface area contributed by atoms with Crippen LogP contribution in [0.1, 0.15) is 30.5 Å². The van der Waals surface area contributed by atoms with E-state index >= 15 is 0 Å². The quantitative estimate of drug-likeness (QED) is 0.251. The van der Waals surface area contributed by atoms with E-state index < -0.39 is 0 Å². The molecule has 29 heavy (non-hydrogen) atoms. The van der Waals surface area contributed by atoms with Crippen LogP contribution in [0.3, 0.4) is 0 Å². The first kappa shape index (κ1) is 24.5. The van der Waals surface area contributed by atoms with Gasteiger partial charge in [-0.25, -0.2) is 0 Å². The van der Waals surface area contributed by atoms with E-state index in [1.165, 1.54) is 25.5 Å². The fourth-order valence-corrected chi connectivity index (χ4v) is 3.04. The Balaban J connectivity index is 0.000000456. The Kier molecular flexibility index (Phi) is 9.22. The second-order valence-corrected chi connectivity index (χ2v) is 6.83. The summed E-state index contributed by atoms with van der Waals surface area (Å²) in [6.45, 7) is 9.10. The molecule has 3 aromatic rings. The summed E-state index contributed by atoms with van der Waals surface area (Å²) in [5.74, 6) is 0.798. The van der Waals surface area contributed by atoms with E-state index in [1.807, 2.05) is 18.2 Å². The number of fused-ring (bicyclic) bond motifs is 1. The fraction of sp³-hybridized carbons (Fsp3) is 0.250. The van der Waals surface area contributed by atoms with Gasteiger partial charge >= 0.3 is 0 Å². The Hall–Kier alpha value is -2.49. The number of aromatic nitrogens is 1. The Morgan fingerprint density at radius 3 is 2.34 bits per heavy atom. The molecule has 0 aliphatic carbocycles. The molecule has 0 atom stereocenters. The van der Waals surface area contributed by atoms with Crippen molar-refractivity contribution in [3.05, 3.63) is 71.0 Å². The zero-order chi connectivity index (χ0) is 20.8. The van der Waals surface area contributed by atoms with E-state index in [4.69, 9.17) is 14.8 Å². The standard InChI is InChI=1S/C19H18NO.C5H8O2.Ir/c1-12-8-13(2)10-15(9-12)19-14(3)11-16-17(20-19)6-5-7-18(16)21-4;1-4(6)3-5(2)7;/h5-9,11H,1-4H3;3,6H,1-2H3;/q-1;;/b;4-3-;. The van der Waals surface area contributed by atoms with Crippen molar-refractivity contribution in [1.29, 1.82) is 0 Å². The normalized spacial score (nSPS) is 10.6. The van der Waals surface area contributed by atoms with Crippen LogP contribution in [-0.4, -0.2) is 23.0 Å². The third-order valence-corrected chi connectivity index (χ3v) is 4.04. The van der Waals surface area contributed by atoms with E-state index in [2.05, 4.69) is 45.0 Å². The van der Waals surface area contributed by atoms with Crippen LogP contribution in [0.5, 0.6) is 5.75 Å². The maximum atomic E-state index is 10.0. The number of carbonyl (C=O) groups is 1. The van der Waals surface area contributed by atoms with Crippen LogP contribution in [0.2, 0.25) is 0 Å². The average molecular weight is 569 g/mol. The Morgan fingerprint density at radius 2 is 1.83 bits per heavy atom. The molecule has 0 bridgehead atoms. The fourth-order valence-electron chi connectivity index (χ4n) is 3.04. The van der Waals surface area contributed by atoms with Gasteiger partial charge in [0.1, 0.15) is 5.75 Å². The second-order valence-electron chi connectivity index (χ2n) is 6.83. The van der Waals surface area contributed by atoms with Gasteiger partial charge in [-0.2, -0.15) is 0 Å². The van der Waals surface area contributed by atoms with Crippen molar-refractivity contribution in [1.82, 2.24) is 4.98 Å². The largest absolute Gasteiger partial charge is 0.512 e. The summed E-state index contributed by atoms with van der Waals surface area (Å²) in [6.07, 6.45) is 1.17. The van der Waals surface area contributed by atoms with Crippen LogP contribution in [0, 0.1) is 26.8 Å². The van der Waals surface area contributed by atoms with Crippen LogP contribution in [0.25, 0.3) is 22.2 Å². The Bertz CT molecular complexity index is 1020. The second kappa shape index (κ2) is 10.9. The smallest absolute Gasteiger partial charge is 0.155 e. The summed E-state index contributed by atoms with van der Waals surface area (Å²) in [7, 11) is 1.69. The van der Waals surface area contributed by atoms with E-state index in [0.29, 0.717) is 0 Å². The van der Waals surface area contributed by atoms with E-state index in [-0.39, 0.29) is 31.6 Å². The zero-order valence-corrected chi connectivity index (χ0v) is 20.0. The van der Waals surface area contributed by atoms with E-state index in [1.54, 1.807) is 7.11 Å². The summed E-state index contributed by atoms with van der Waals surface area (Å²) >= 11 is 0. The number of aryl methyl sites for hydroxylation is 3. The van der Waals surface area contributed by atoms with Crippen molar-refractivity contribution in [2.24, 2.45) is 0 Å². The Labute approximate surface area is 186 Å². The summed E-state index contributed by atoms with van der Waals surface area (Å²) in [5, 5.41) is 9.41. The number of hydrogen-bond acceptors (Lipinski definition) is 4. The molecule has 0 fully saturated rings. The topological polar surface area (TPSA) is 59.4 Å². The molecule has 0 aliphatic heterocycles. The molecule has 1 heterocycles. The van der Waals surface area contributed by atoms with Crippen molar-refractivity contribution < 1.29 is 34.7 Å². The molecule has 1 N–H and O–H groups in total. The van der Waals surface area contributed by atoms with E-state index in [0.717, 1.165) is 39.0 Å². The van der Waals surface area contributed by atoms with Gasteiger partial charge in [-0.1, -0.05) is 31.5 Å². The zero-order valence-electron chi connectivity index (χ0n) is 17.6. The number of ether oxygens (including phenoxy) is 1. The maximum absolute atomic E-state index is 10.0. The summed E-state index contributed by atoms with van der Waals surface area (Å²) < 4.78 is 5.42. The maximum Gasteiger partial charge on any atom is 0.155 e. The average Bonchev–Trinajstić information content (AvgIpc) is 2.59. The van der Waals surface area contributed by atoms with Crippen molar-refractivity contribution in [3.8, 4) is 17.0 Å². The first-order chi connectivity index (χ1) is 13.2. The molecule has 0 aliphatic rings. The predicted octanol–water partition coefficient (Wildman–Crippen LogP) is 5.67. The number of methoxy groups -OCH3 is 1. The molecular weight excluding hydrogens is 542 g/mol. The number of nitrogens with zero attached hydrogens (tertiary/aromatic N) is 1. The van der Waals surface area contributed by atoms with Crippen LogP contribution in [0.15, 0.2) is 48.2 Å². The molecule has 0 saturated heterocycles. The SMILES string of the molecule is CC(=O)/C=C(/C)O.COc1cccc2nc(-c3[c-]c(C)cc(C)c3)c(C)cc12.[Ir]. The summed E-state index contributed by atoms with van der Waals surface area (Å²) in [4.78, 5) is 14.8. The van der Waals surface area contributed by atoms with Crippen molar-refractivity contribution in [3.63, 3.8) is 0 Å². The first-order valence-electron chi connectivity index (χ1n) is 9.04. The molecule has 0 spiro atoms. The molecule has 0 unspecified atom stereocenters. The monoisotopic (exact) mass is 569 g/mol. The minimum absolute atomic E-state index is 0. The predicted molar refractivity (Wildman–Crippen MR) is 114 cm³/mol. The number of aliphatic hydroxyl groups excluding tert-OH is 1. The molecule has 2 aromatic carbocycles. The van der Waals surface area contributed by atoms with Gasteiger partial charge in [-0.05, 0) is 38.6 Å². The molecule has 0 amide bonds. The van der Waals surface area contributed by atoms with Gasteiger partial charge in [0.15, 0.2) is 5.78 Å². The van der Waals surface area contributed by atoms with Crippen LogP contribution >= 0.6 is 0 Å². The number of rotatable bonds is 3. The molecule has 4 nitrogen and oxygen atoms in total. The first-order valence-corrected chi connectivity index (χ1v) is 9.04. The van der Waals surface area contributed by atoms with Crippen LogP contribution in [-0.2, 0) is 24.9 Å². The van der Waals surface area contributed by atoms with Gasteiger partial charge in [-0.15, -0.1) is 34.9 Å². The van der Waals surface area contributed by atoms with Crippen molar-refractivity contribution in [2.45, 2.75) is 34.6 Å². The van der Waals surface area contributed by atoms with Crippen molar-refractivity contribution >= 4 is 16.7 Å². The van der Waals surface area contributed by atoms with Crippen molar-refractivity contribution in [2.75, 3.05) is 7.11 Å². The van der Waals surface area contributed by atoms with Gasteiger partial charge in [0.25, 0.3) is 0 Å². The van der Waals surface area contributed by atoms with E-state index in [9.17, 15) is 4.79 Å². The minimum atomic E-state index is -0.125. The molecule has 3 rings (SSSR count). The minimum Gasteiger partial charge on any atom is -0.512 e.